The molecule has 29 heavy (non-hydrogen) atoms. The number of hydrogen-bond acceptors (Lipinski definition) is 3. The molecule has 164 valence electrons. The van der Waals surface area contributed by atoms with E-state index in [4.69, 9.17) is 5.11 Å². The second-order valence-corrected chi connectivity index (χ2v) is 11.4. The van der Waals surface area contributed by atoms with Crippen molar-refractivity contribution >= 4 is 0 Å². The minimum atomic E-state index is -0.454. The second-order valence-electron chi connectivity index (χ2n) is 11.4. The Morgan fingerprint density at radius 2 is 1.83 bits per heavy atom. The van der Waals surface area contributed by atoms with Crippen LogP contribution in [0.5, 0.6) is 0 Å². The predicted octanol–water partition coefficient (Wildman–Crippen LogP) is 4.90. The zero-order valence-electron chi connectivity index (χ0n) is 19.2. The largest absolute Gasteiger partial charge is 0.393 e. The SMILES string of the molecule is CC[C@H](C)O.C[C@]12Cc3cn[nH]c3C[C@@H]1CC[C@@H]1[C@@H]2CC[C@@]2(C)[C@H]1CC[C@]2(C)O. The molecule has 3 saturated carbocycles. The summed E-state index contributed by atoms with van der Waals surface area (Å²) in [7, 11) is 0. The number of nitrogens with one attached hydrogen (secondary N) is 1. The van der Waals surface area contributed by atoms with Crippen molar-refractivity contribution in [1.82, 2.24) is 10.2 Å². The Balaban J connectivity index is 0.000000369. The van der Waals surface area contributed by atoms with E-state index in [9.17, 15) is 5.11 Å². The van der Waals surface area contributed by atoms with E-state index in [0.717, 1.165) is 36.5 Å². The fourth-order valence-electron chi connectivity index (χ4n) is 7.71. The highest BCUT2D eigenvalue weighted by Gasteiger charge is 2.63. The standard InChI is InChI=1S/C21H32N2O.C4H10O/c1-19-11-13-12-22-23-18(13)10-14(19)4-5-15-16(19)6-8-20(2)17(15)7-9-21(20,3)24;1-3-4(2)5/h12,14-17,24H,4-11H2,1-3H3,(H,22,23);4-5H,3H2,1-2H3/t14-,15+,16-,17-,19-,20-,21-;4-/m00/s1. The van der Waals surface area contributed by atoms with Crippen molar-refractivity contribution in [3.8, 4) is 0 Å². The van der Waals surface area contributed by atoms with Gasteiger partial charge in [0, 0.05) is 5.69 Å². The number of aromatic amines is 1. The Morgan fingerprint density at radius 1 is 1.14 bits per heavy atom. The Kier molecular flexibility index (Phi) is 5.43. The molecule has 3 fully saturated rings. The predicted molar refractivity (Wildman–Crippen MR) is 116 cm³/mol. The molecule has 4 aliphatic rings. The molecule has 0 amide bonds. The molecule has 0 spiro atoms. The first-order valence-electron chi connectivity index (χ1n) is 12.0. The number of nitrogens with zero attached hydrogens (tertiary/aromatic N) is 1. The molecule has 5 rings (SSSR count). The first-order valence-corrected chi connectivity index (χ1v) is 12.0. The van der Waals surface area contributed by atoms with Crippen LogP contribution in [0, 0.1) is 34.5 Å². The van der Waals surface area contributed by atoms with Crippen LogP contribution < -0.4 is 0 Å². The number of fused-ring (bicyclic) bond motifs is 6. The summed E-state index contributed by atoms with van der Waals surface area (Å²) in [4.78, 5) is 0. The topological polar surface area (TPSA) is 69.1 Å². The molecule has 4 heteroatoms. The molecular weight excluding hydrogens is 360 g/mol. The van der Waals surface area contributed by atoms with E-state index in [2.05, 4.69) is 37.2 Å². The van der Waals surface area contributed by atoms with Gasteiger partial charge in [-0.3, -0.25) is 5.10 Å². The Hall–Kier alpha value is -0.870. The van der Waals surface area contributed by atoms with Crippen molar-refractivity contribution in [1.29, 1.82) is 0 Å². The van der Waals surface area contributed by atoms with E-state index in [0.29, 0.717) is 5.41 Å². The number of aliphatic hydroxyl groups is 2. The third-order valence-electron chi connectivity index (χ3n) is 10.0. The number of hydrogen-bond donors (Lipinski definition) is 3. The van der Waals surface area contributed by atoms with Crippen molar-refractivity contribution in [2.24, 2.45) is 34.5 Å². The summed E-state index contributed by atoms with van der Waals surface area (Å²) >= 11 is 0. The van der Waals surface area contributed by atoms with Gasteiger partial charge in [-0.05, 0) is 112 Å². The minimum Gasteiger partial charge on any atom is -0.393 e. The van der Waals surface area contributed by atoms with E-state index in [1.165, 1.54) is 56.2 Å². The summed E-state index contributed by atoms with van der Waals surface area (Å²) in [6.07, 6.45) is 12.8. The van der Waals surface area contributed by atoms with Crippen molar-refractivity contribution in [3.63, 3.8) is 0 Å². The molecule has 0 saturated heterocycles. The van der Waals surface area contributed by atoms with Crippen molar-refractivity contribution < 1.29 is 10.2 Å². The fourth-order valence-corrected chi connectivity index (χ4v) is 7.71. The third-order valence-corrected chi connectivity index (χ3v) is 10.0. The molecule has 0 bridgehead atoms. The summed E-state index contributed by atoms with van der Waals surface area (Å²) in [6, 6.07) is 0. The molecule has 1 aromatic heterocycles. The molecule has 8 atom stereocenters. The molecular formula is C25H42N2O2. The van der Waals surface area contributed by atoms with E-state index >= 15 is 0 Å². The fraction of sp³-hybridized carbons (Fsp3) is 0.880. The van der Waals surface area contributed by atoms with Gasteiger partial charge in [0.15, 0.2) is 0 Å². The van der Waals surface area contributed by atoms with Crippen molar-refractivity contribution in [2.75, 3.05) is 0 Å². The summed E-state index contributed by atoms with van der Waals surface area (Å²) < 4.78 is 0. The lowest BCUT2D eigenvalue weighted by atomic mass is 9.44. The average molecular weight is 403 g/mol. The minimum absolute atomic E-state index is 0.116. The zero-order valence-corrected chi connectivity index (χ0v) is 19.2. The van der Waals surface area contributed by atoms with E-state index in [-0.39, 0.29) is 11.5 Å². The second kappa shape index (κ2) is 7.37. The molecule has 1 heterocycles. The van der Waals surface area contributed by atoms with Gasteiger partial charge in [-0.2, -0.15) is 5.10 Å². The lowest BCUT2D eigenvalue weighted by Crippen LogP contribution is -2.56. The quantitative estimate of drug-likeness (QED) is 0.626. The molecule has 0 aliphatic heterocycles. The van der Waals surface area contributed by atoms with Gasteiger partial charge in [-0.1, -0.05) is 20.8 Å². The van der Waals surface area contributed by atoms with Crippen molar-refractivity contribution in [2.45, 2.75) is 104 Å². The lowest BCUT2D eigenvalue weighted by Gasteiger charge is -2.60. The van der Waals surface area contributed by atoms with Crippen LogP contribution in [-0.4, -0.2) is 32.1 Å². The average Bonchev–Trinajstić information content (AvgIpc) is 3.21. The van der Waals surface area contributed by atoms with Gasteiger partial charge in [0.1, 0.15) is 0 Å². The molecule has 3 N–H and O–H groups in total. The summed E-state index contributed by atoms with van der Waals surface area (Å²) in [5, 5.41) is 27.0. The van der Waals surface area contributed by atoms with Gasteiger partial charge in [-0.15, -0.1) is 0 Å². The van der Waals surface area contributed by atoms with Gasteiger partial charge in [-0.25, -0.2) is 0 Å². The smallest absolute Gasteiger partial charge is 0.0675 e. The van der Waals surface area contributed by atoms with Gasteiger partial charge in [0.05, 0.1) is 17.9 Å². The molecule has 1 aromatic rings. The monoisotopic (exact) mass is 402 g/mol. The first-order chi connectivity index (χ1) is 13.6. The van der Waals surface area contributed by atoms with Crippen LogP contribution in [0.25, 0.3) is 0 Å². The maximum Gasteiger partial charge on any atom is 0.0675 e. The summed E-state index contributed by atoms with van der Waals surface area (Å²) in [5.74, 6) is 3.21. The van der Waals surface area contributed by atoms with Crippen LogP contribution in [0.3, 0.4) is 0 Å². The van der Waals surface area contributed by atoms with E-state index < -0.39 is 5.60 Å². The van der Waals surface area contributed by atoms with E-state index in [1.54, 1.807) is 6.92 Å². The molecule has 0 aromatic carbocycles. The van der Waals surface area contributed by atoms with Crippen LogP contribution in [-0.2, 0) is 12.8 Å². The Labute approximate surface area is 176 Å². The highest BCUT2D eigenvalue weighted by Crippen LogP contribution is 2.67. The van der Waals surface area contributed by atoms with Gasteiger partial charge in [0.2, 0.25) is 0 Å². The van der Waals surface area contributed by atoms with Crippen LogP contribution in [0.4, 0.5) is 0 Å². The molecule has 0 radical (unpaired) electrons. The highest BCUT2D eigenvalue weighted by molar-refractivity contribution is 5.26. The Morgan fingerprint density at radius 3 is 2.52 bits per heavy atom. The number of aliphatic hydroxyl groups excluding tert-OH is 1. The summed E-state index contributed by atoms with van der Waals surface area (Å²) in [5.41, 5.74) is 3.01. The number of H-pyrrole nitrogens is 1. The first kappa shape index (κ1) is 21.4. The Bertz CT molecular complexity index is 726. The van der Waals surface area contributed by atoms with Crippen LogP contribution >= 0.6 is 0 Å². The molecule has 4 aliphatic carbocycles. The molecule has 4 nitrogen and oxygen atoms in total. The summed E-state index contributed by atoms with van der Waals surface area (Å²) in [6.45, 7) is 10.8. The van der Waals surface area contributed by atoms with Crippen molar-refractivity contribution in [3.05, 3.63) is 17.5 Å². The van der Waals surface area contributed by atoms with Crippen LogP contribution in [0.2, 0.25) is 0 Å². The van der Waals surface area contributed by atoms with Gasteiger partial charge < -0.3 is 10.2 Å². The number of aromatic nitrogens is 2. The zero-order chi connectivity index (χ0) is 21.0. The van der Waals surface area contributed by atoms with Gasteiger partial charge >= 0.3 is 0 Å². The van der Waals surface area contributed by atoms with Crippen LogP contribution in [0.15, 0.2) is 6.20 Å². The van der Waals surface area contributed by atoms with Crippen LogP contribution in [0.1, 0.15) is 90.8 Å². The van der Waals surface area contributed by atoms with Gasteiger partial charge in [0.25, 0.3) is 0 Å². The van der Waals surface area contributed by atoms with E-state index in [1.807, 2.05) is 6.92 Å². The lowest BCUT2D eigenvalue weighted by molar-refractivity contribution is -0.139. The number of rotatable bonds is 1. The normalized spacial score (nSPS) is 46.4. The molecule has 0 unspecified atom stereocenters. The maximum absolute atomic E-state index is 11.0. The third kappa shape index (κ3) is 3.29. The highest BCUT2D eigenvalue weighted by atomic mass is 16.3. The maximum atomic E-state index is 11.0.